The Morgan fingerprint density at radius 2 is 2.37 bits per heavy atom. The molecule has 4 nitrogen and oxygen atoms in total. The maximum absolute atomic E-state index is 12.4. The molecule has 100 valence electrons. The molecule has 19 heavy (non-hydrogen) atoms. The summed E-state index contributed by atoms with van der Waals surface area (Å²) in [4.78, 5) is 12.4. The average molecular weight is 259 g/mol. The van der Waals surface area contributed by atoms with Crippen molar-refractivity contribution in [3.8, 4) is 11.8 Å². The van der Waals surface area contributed by atoms with Gasteiger partial charge in [-0.05, 0) is 30.0 Å². The average Bonchev–Trinajstić information content (AvgIpc) is 2.86. The fourth-order valence-electron chi connectivity index (χ4n) is 2.35. The van der Waals surface area contributed by atoms with Crippen molar-refractivity contribution < 1.29 is 14.3 Å². The van der Waals surface area contributed by atoms with Crippen LogP contribution in [0.15, 0.2) is 24.3 Å². The Bertz CT molecular complexity index is 506. The van der Waals surface area contributed by atoms with E-state index in [1.54, 1.807) is 31.4 Å². The van der Waals surface area contributed by atoms with Crippen molar-refractivity contribution in [1.29, 1.82) is 5.26 Å². The first-order valence-electron chi connectivity index (χ1n) is 6.36. The van der Waals surface area contributed by atoms with Gasteiger partial charge in [-0.2, -0.15) is 5.26 Å². The van der Waals surface area contributed by atoms with Gasteiger partial charge in [-0.3, -0.25) is 4.79 Å². The second-order valence-electron chi connectivity index (χ2n) is 4.80. The molecule has 1 aliphatic heterocycles. The van der Waals surface area contributed by atoms with Crippen LogP contribution < -0.4 is 4.74 Å². The number of ketones is 1. The van der Waals surface area contributed by atoms with Gasteiger partial charge in [-0.1, -0.05) is 19.1 Å². The minimum atomic E-state index is -0.791. The van der Waals surface area contributed by atoms with Gasteiger partial charge < -0.3 is 9.47 Å². The lowest BCUT2D eigenvalue weighted by molar-refractivity contribution is -0.129. The summed E-state index contributed by atoms with van der Waals surface area (Å²) in [5, 5.41) is 9.29. The van der Waals surface area contributed by atoms with Crippen LogP contribution in [-0.4, -0.2) is 25.6 Å². The number of benzene rings is 1. The summed E-state index contributed by atoms with van der Waals surface area (Å²) in [6, 6.07) is 9.15. The third kappa shape index (κ3) is 2.77. The quantitative estimate of drug-likeness (QED) is 0.832. The molecule has 3 unspecified atom stereocenters. The highest BCUT2D eigenvalue weighted by Crippen LogP contribution is 2.28. The number of carbonyl (C=O) groups excluding carboxylic acids is 1. The molecule has 1 aromatic carbocycles. The predicted octanol–water partition coefficient (Wildman–Crippen LogP) is 2.30. The third-order valence-corrected chi connectivity index (χ3v) is 3.51. The lowest BCUT2D eigenvalue weighted by Crippen LogP contribution is -2.29. The summed E-state index contributed by atoms with van der Waals surface area (Å²) < 4.78 is 10.6. The number of nitriles is 1. The van der Waals surface area contributed by atoms with E-state index in [9.17, 15) is 10.1 Å². The first-order chi connectivity index (χ1) is 9.17. The van der Waals surface area contributed by atoms with E-state index in [0.29, 0.717) is 17.9 Å². The maximum atomic E-state index is 12.4. The highest BCUT2D eigenvalue weighted by molar-refractivity contribution is 5.92. The number of ether oxygens (including phenoxy) is 2. The Balaban J connectivity index is 2.24. The Morgan fingerprint density at radius 3 is 2.95 bits per heavy atom. The number of hydrogen-bond acceptors (Lipinski definition) is 4. The van der Waals surface area contributed by atoms with Crippen LogP contribution in [0.3, 0.4) is 0 Å². The lowest BCUT2D eigenvalue weighted by atomic mass is 9.88. The smallest absolute Gasteiger partial charge is 0.183 e. The Kier molecular flexibility index (Phi) is 4.18. The van der Waals surface area contributed by atoms with Crippen LogP contribution in [0.2, 0.25) is 0 Å². The normalized spacial score (nSPS) is 23.6. The summed E-state index contributed by atoms with van der Waals surface area (Å²) in [7, 11) is 1.56. The van der Waals surface area contributed by atoms with Crippen LogP contribution in [0.1, 0.15) is 24.8 Å². The Morgan fingerprint density at radius 1 is 1.58 bits per heavy atom. The van der Waals surface area contributed by atoms with Gasteiger partial charge in [-0.15, -0.1) is 0 Å². The van der Waals surface area contributed by atoms with Gasteiger partial charge in [0, 0.05) is 6.61 Å². The molecule has 0 radical (unpaired) electrons. The first-order valence-corrected chi connectivity index (χ1v) is 6.36. The van der Waals surface area contributed by atoms with Crippen molar-refractivity contribution in [3.63, 3.8) is 0 Å². The third-order valence-electron chi connectivity index (χ3n) is 3.51. The Labute approximate surface area is 112 Å². The van der Waals surface area contributed by atoms with Crippen molar-refractivity contribution in [2.75, 3.05) is 13.7 Å². The molecule has 1 aromatic rings. The van der Waals surface area contributed by atoms with E-state index in [2.05, 4.69) is 6.07 Å². The molecule has 4 heteroatoms. The summed E-state index contributed by atoms with van der Waals surface area (Å²) in [6.45, 7) is 2.57. The van der Waals surface area contributed by atoms with E-state index in [4.69, 9.17) is 9.47 Å². The van der Waals surface area contributed by atoms with Gasteiger partial charge in [-0.25, -0.2) is 0 Å². The van der Waals surface area contributed by atoms with Crippen molar-refractivity contribution in [1.82, 2.24) is 0 Å². The van der Waals surface area contributed by atoms with Gasteiger partial charge in [0.15, 0.2) is 5.78 Å². The van der Waals surface area contributed by atoms with Gasteiger partial charge in [0.25, 0.3) is 0 Å². The largest absolute Gasteiger partial charge is 0.497 e. The number of nitrogens with zero attached hydrogens (tertiary/aromatic N) is 1. The number of Topliss-reactive ketones (excluding diaryl/α,β-unsaturated/α-hetero) is 1. The SMILES string of the molecule is COc1cccc(C(C#N)C(=O)C2OCCC2C)c1. The van der Waals surface area contributed by atoms with Crippen LogP contribution in [0, 0.1) is 17.2 Å². The summed E-state index contributed by atoms with van der Waals surface area (Å²) in [5.74, 6) is -0.124. The van der Waals surface area contributed by atoms with Crippen LogP contribution in [0.25, 0.3) is 0 Å². The molecule has 1 aliphatic rings. The van der Waals surface area contributed by atoms with E-state index in [1.807, 2.05) is 6.92 Å². The topological polar surface area (TPSA) is 59.3 Å². The van der Waals surface area contributed by atoms with Crippen LogP contribution >= 0.6 is 0 Å². The summed E-state index contributed by atoms with van der Waals surface area (Å²) in [6.07, 6.45) is 0.406. The highest BCUT2D eigenvalue weighted by Gasteiger charge is 2.36. The molecule has 0 N–H and O–H groups in total. The maximum Gasteiger partial charge on any atom is 0.183 e. The van der Waals surface area contributed by atoms with Gasteiger partial charge in [0.1, 0.15) is 17.8 Å². The van der Waals surface area contributed by atoms with Crippen molar-refractivity contribution in [3.05, 3.63) is 29.8 Å². The second kappa shape index (κ2) is 5.85. The second-order valence-corrected chi connectivity index (χ2v) is 4.80. The molecule has 0 amide bonds. The fourth-order valence-corrected chi connectivity index (χ4v) is 2.35. The minimum absolute atomic E-state index is 0.152. The standard InChI is InChI=1S/C15H17NO3/c1-10-6-7-19-15(10)14(17)13(9-16)11-4-3-5-12(8-11)18-2/h3-5,8,10,13,15H,6-7H2,1-2H3. The molecule has 2 rings (SSSR count). The van der Waals surface area contributed by atoms with E-state index in [-0.39, 0.29) is 11.7 Å². The Hall–Kier alpha value is -1.86. The first kappa shape index (κ1) is 13.6. The molecule has 3 atom stereocenters. The molecular formula is C15H17NO3. The van der Waals surface area contributed by atoms with Gasteiger partial charge in [0.2, 0.25) is 0 Å². The van der Waals surface area contributed by atoms with Crippen molar-refractivity contribution in [2.24, 2.45) is 5.92 Å². The lowest BCUT2D eigenvalue weighted by Gasteiger charge is -2.17. The number of carbonyl (C=O) groups is 1. The van der Waals surface area contributed by atoms with Crippen LogP contribution in [-0.2, 0) is 9.53 Å². The van der Waals surface area contributed by atoms with E-state index < -0.39 is 12.0 Å². The minimum Gasteiger partial charge on any atom is -0.497 e. The molecule has 1 fully saturated rings. The van der Waals surface area contributed by atoms with Gasteiger partial charge in [0.05, 0.1) is 13.2 Å². The van der Waals surface area contributed by atoms with Crippen LogP contribution in [0.5, 0.6) is 5.75 Å². The van der Waals surface area contributed by atoms with Crippen LogP contribution in [0.4, 0.5) is 0 Å². The zero-order valence-electron chi connectivity index (χ0n) is 11.1. The zero-order valence-corrected chi connectivity index (χ0v) is 11.1. The van der Waals surface area contributed by atoms with E-state index >= 15 is 0 Å². The number of rotatable bonds is 4. The predicted molar refractivity (Wildman–Crippen MR) is 69.9 cm³/mol. The molecule has 0 bridgehead atoms. The fraction of sp³-hybridized carbons (Fsp3) is 0.467. The van der Waals surface area contributed by atoms with E-state index in [1.165, 1.54) is 0 Å². The van der Waals surface area contributed by atoms with Crippen molar-refractivity contribution in [2.45, 2.75) is 25.4 Å². The molecule has 0 saturated carbocycles. The molecule has 1 saturated heterocycles. The molecular weight excluding hydrogens is 242 g/mol. The number of hydrogen-bond donors (Lipinski definition) is 0. The van der Waals surface area contributed by atoms with Crippen molar-refractivity contribution >= 4 is 5.78 Å². The monoisotopic (exact) mass is 259 g/mol. The van der Waals surface area contributed by atoms with E-state index in [0.717, 1.165) is 6.42 Å². The highest BCUT2D eigenvalue weighted by atomic mass is 16.5. The summed E-state index contributed by atoms with van der Waals surface area (Å²) in [5.41, 5.74) is 0.662. The summed E-state index contributed by atoms with van der Waals surface area (Å²) >= 11 is 0. The molecule has 0 aliphatic carbocycles. The number of methoxy groups -OCH3 is 1. The van der Waals surface area contributed by atoms with Gasteiger partial charge >= 0.3 is 0 Å². The molecule has 0 aromatic heterocycles. The zero-order chi connectivity index (χ0) is 13.8. The molecule has 0 spiro atoms. The molecule has 1 heterocycles.